The fourth-order valence-corrected chi connectivity index (χ4v) is 4.97. The maximum Gasteiger partial charge on any atom is 0.271 e. The zero-order valence-electron chi connectivity index (χ0n) is 21.2. The minimum atomic E-state index is -0.342. The highest BCUT2D eigenvalue weighted by Crippen LogP contribution is 2.50. The van der Waals surface area contributed by atoms with Crippen LogP contribution in [0.25, 0.3) is 5.69 Å². The van der Waals surface area contributed by atoms with Gasteiger partial charge in [0, 0.05) is 22.7 Å². The van der Waals surface area contributed by atoms with Crippen LogP contribution in [0.2, 0.25) is 5.02 Å². The van der Waals surface area contributed by atoms with Gasteiger partial charge in [-0.25, -0.2) is 5.43 Å². The molecule has 0 saturated heterocycles. The number of carbonyl (C=O) groups is 1. The van der Waals surface area contributed by atoms with E-state index in [9.17, 15) is 4.79 Å². The van der Waals surface area contributed by atoms with Crippen molar-refractivity contribution in [3.63, 3.8) is 0 Å². The first kappa shape index (κ1) is 24.8. The van der Waals surface area contributed by atoms with Gasteiger partial charge in [0.2, 0.25) is 12.5 Å². The second kappa shape index (κ2) is 10.4. The summed E-state index contributed by atoms with van der Waals surface area (Å²) in [6, 6.07) is 15.8. The van der Waals surface area contributed by atoms with Crippen LogP contribution in [0.5, 0.6) is 17.2 Å². The number of likely N-dealkylation sites (N-methyl/N-ethyl adjacent to an activating group) is 1. The van der Waals surface area contributed by atoms with Gasteiger partial charge in [0.05, 0.1) is 19.0 Å². The molecule has 1 amide bonds. The van der Waals surface area contributed by atoms with Gasteiger partial charge in [-0.2, -0.15) is 9.78 Å². The monoisotopic (exact) mass is 545 g/mol. The lowest BCUT2D eigenvalue weighted by Gasteiger charge is -2.34. The molecule has 1 aromatic heterocycles. The predicted molar refractivity (Wildman–Crippen MR) is 143 cm³/mol. The van der Waals surface area contributed by atoms with Gasteiger partial charge in [0.1, 0.15) is 6.04 Å². The first-order chi connectivity index (χ1) is 19.0. The number of tetrazole rings is 1. The molecule has 0 spiro atoms. The third kappa shape index (κ3) is 4.66. The summed E-state index contributed by atoms with van der Waals surface area (Å²) < 4.78 is 18.8. The zero-order chi connectivity index (χ0) is 26.9. The van der Waals surface area contributed by atoms with Gasteiger partial charge in [0.25, 0.3) is 5.91 Å². The van der Waals surface area contributed by atoms with Gasteiger partial charge in [-0.3, -0.25) is 9.69 Å². The summed E-state index contributed by atoms with van der Waals surface area (Å²) in [6.07, 6.45) is 2.37. The number of halogens is 1. The Hall–Kier alpha value is -4.48. The van der Waals surface area contributed by atoms with Crippen molar-refractivity contribution >= 4 is 23.7 Å². The summed E-state index contributed by atoms with van der Waals surface area (Å²) in [4.78, 5) is 14.8. The smallest absolute Gasteiger partial charge is 0.271 e. The van der Waals surface area contributed by atoms with E-state index >= 15 is 0 Å². The van der Waals surface area contributed by atoms with E-state index < -0.39 is 0 Å². The molecule has 198 valence electrons. The minimum absolute atomic E-state index is 0.152. The van der Waals surface area contributed by atoms with Crippen molar-refractivity contribution in [3.05, 3.63) is 87.7 Å². The third-order valence-electron chi connectivity index (χ3n) is 6.76. The van der Waals surface area contributed by atoms with E-state index in [4.69, 9.17) is 25.8 Å². The lowest BCUT2D eigenvalue weighted by Crippen LogP contribution is -2.35. The molecule has 2 aliphatic heterocycles. The number of methoxy groups -OCH3 is 1. The molecule has 3 heterocycles. The van der Waals surface area contributed by atoms with E-state index in [-0.39, 0.29) is 18.7 Å². The van der Waals surface area contributed by atoms with Crippen LogP contribution in [-0.4, -0.2) is 64.7 Å². The minimum Gasteiger partial charge on any atom is -0.492 e. The first-order valence-electron chi connectivity index (χ1n) is 12.2. The summed E-state index contributed by atoms with van der Waals surface area (Å²) in [6.45, 7) is 0.947. The van der Waals surface area contributed by atoms with Crippen LogP contribution in [0.15, 0.2) is 59.7 Å². The topological polar surface area (TPSA) is 116 Å². The number of carbonyl (C=O) groups excluding carboxylic acids is 1. The number of ether oxygens (including phenoxy) is 3. The fourth-order valence-electron chi connectivity index (χ4n) is 4.84. The Balaban J connectivity index is 1.26. The van der Waals surface area contributed by atoms with Crippen molar-refractivity contribution in [1.29, 1.82) is 0 Å². The van der Waals surface area contributed by atoms with Crippen molar-refractivity contribution in [1.82, 2.24) is 30.5 Å². The summed E-state index contributed by atoms with van der Waals surface area (Å²) in [5.41, 5.74) is 6.54. The second-order valence-electron chi connectivity index (χ2n) is 9.10. The molecule has 0 bridgehead atoms. The molecular weight excluding hydrogens is 522 g/mol. The van der Waals surface area contributed by atoms with Crippen molar-refractivity contribution in [3.8, 4) is 22.9 Å². The highest BCUT2D eigenvalue weighted by molar-refractivity contribution is 6.30. The summed E-state index contributed by atoms with van der Waals surface area (Å²) in [7, 11) is 3.64. The number of nitrogens with one attached hydrogen (secondary N) is 1. The van der Waals surface area contributed by atoms with Gasteiger partial charge in [-0.05, 0) is 77.5 Å². The Morgan fingerprint density at radius 3 is 2.74 bits per heavy atom. The average Bonchev–Trinajstić information content (AvgIpc) is 3.63. The molecular formula is C27H24ClN7O4. The van der Waals surface area contributed by atoms with Crippen molar-refractivity contribution in [2.24, 2.45) is 5.10 Å². The number of aromatic nitrogens is 4. The van der Waals surface area contributed by atoms with E-state index in [0.29, 0.717) is 39.3 Å². The van der Waals surface area contributed by atoms with Crippen molar-refractivity contribution in [2.45, 2.75) is 12.5 Å². The number of benzene rings is 3. The molecule has 0 aliphatic carbocycles. The summed E-state index contributed by atoms with van der Waals surface area (Å²) >= 11 is 5.90. The van der Waals surface area contributed by atoms with E-state index in [1.165, 1.54) is 0 Å². The van der Waals surface area contributed by atoms with E-state index in [1.807, 2.05) is 25.2 Å². The van der Waals surface area contributed by atoms with Crippen LogP contribution in [0, 0.1) is 0 Å². The van der Waals surface area contributed by atoms with Gasteiger partial charge in [-0.15, -0.1) is 5.10 Å². The van der Waals surface area contributed by atoms with E-state index in [1.54, 1.807) is 54.4 Å². The fraction of sp³-hybridized carbons (Fsp3) is 0.222. The molecule has 3 aromatic carbocycles. The Kier molecular flexibility index (Phi) is 6.59. The molecule has 39 heavy (non-hydrogen) atoms. The quantitative estimate of drug-likeness (QED) is 0.289. The maximum absolute atomic E-state index is 12.6. The number of hydrogen-bond acceptors (Lipinski definition) is 9. The van der Waals surface area contributed by atoms with E-state index in [2.05, 4.69) is 31.0 Å². The van der Waals surface area contributed by atoms with Gasteiger partial charge >= 0.3 is 0 Å². The Bertz CT molecular complexity index is 1550. The Morgan fingerprint density at radius 1 is 1.18 bits per heavy atom. The lowest BCUT2D eigenvalue weighted by molar-refractivity contribution is 0.0955. The highest BCUT2D eigenvalue weighted by Gasteiger charge is 2.37. The van der Waals surface area contributed by atoms with Gasteiger partial charge in [0.15, 0.2) is 17.3 Å². The average molecular weight is 546 g/mol. The first-order valence-corrected chi connectivity index (χ1v) is 12.6. The van der Waals surface area contributed by atoms with E-state index in [0.717, 1.165) is 29.7 Å². The lowest BCUT2D eigenvalue weighted by atomic mass is 9.90. The van der Waals surface area contributed by atoms with Gasteiger partial charge < -0.3 is 14.2 Å². The second-order valence-corrected chi connectivity index (χ2v) is 9.53. The number of hydrazone groups is 1. The molecule has 1 unspecified atom stereocenters. The number of fused-ring (bicyclic) bond motifs is 2. The SMILES string of the molecule is COc1c2c(cc3c1C(c1nnnn1-c1ccc(C(=O)NN=Cc4ccc(Cl)cc4)cc1)N(C)CC3)OCO2. The standard InChI is InChI=1S/C27H24ClN7O4/c1-34-12-11-18-13-21-24(39-15-38-21)25(37-2)22(18)23(34)26-30-32-33-35(26)20-9-5-17(6-10-20)27(36)31-29-14-16-3-7-19(28)8-4-16/h3-10,13-14,23H,11-12,15H2,1-2H3,(H,31,36). The molecule has 2 aliphatic rings. The van der Waals surface area contributed by atoms with Crippen LogP contribution in [-0.2, 0) is 6.42 Å². The van der Waals surface area contributed by atoms with Crippen LogP contribution in [0.4, 0.5) is 0 Å². The number of rotatable bonds is 6. The van der Waals surface area contributed by atoms with Crippen LogP contribution in [0.3, 0.4) is 0 Å². The number of nitrogens with zero attached hydrogens (tertiary/aromatic N) is 6. The largest absolute Gasteiger partial charge is 0.492 e. The highest BCUT2D eigenvalue weighted by atomic mass is 35.5. The Morgan fingerprint density at radius 2 is 1.97 bits per heavy atom. The summed E-state index contributed by atoms with van der Waals surface area (Å²) in [5.74, 6) is 2.16. The number of amides is 1. The Labute approximate surface area is 228 Å². The molecule has 12 heteroatoms. The van der Waals surface area contributed by atoms with Crippen molar-refractivity contribution < 1.29 is 19.0 Å². The van der Waals surface area contributed by atoms with Crippen LogP contribution >= 0.6 is 11.6 Å². The third-order valence-corrected chi connectivity index (χ3v) is 7.01. The molecule has 0 saturated carbocycles. The molecule has 0 fully saturated rings. The predicted octanol–water partition coefficient (Wildman–Crippen LogP) is 3.39. The molecule has 6 rings (SSSR count). The molecule has 0 radical (unpaired) electrons. The van der Waals surface area contributed by atoms with Crippen LogP contribution < -0.4 is 19.6 Å². The normalized spacial score (nSPS) is 16.3. The summed E-state index contributed by atoms with van der Waals surface area (Å²) in [5, 5.41) is 17.3. The molecule has 1 N–H and O–H groups in total. The van der Waals surface area contributed by atoms with Crippen molar-refractivity contribution in [2.75, 3.05) is 27.5 Å². The van der Waals surface area contributed by atoms with Gasteiger partial charge in [-0.1, -0.05) is 23.7 Å². The molecule has 11 nitrogen and oxygen atoms in total. The zero-order valence-corrected chi connectivity index (χ0v) is 21.9. The number of hydrogen-bond donors (Lipinski definition) is 1. The molecule has 1 atom stereocenters. The molecule has 4 aromatic rings. The van der Waals surface area contributed by atoms with Crippen LogP contribution in [0.1, 0.15) is 38.9 Å². The maximum atomic E-state index is 12.6.